The minimum Gasteiger partial charge on any atom is -0.497 e. The van der Waals surface area contributed by atoms with Gasteiger partial charge in [-0.2, -0.15) is 9.61 Å². The third-order valence-corrected chi connectivity index (χ3v) is 4.73. The zero-order valence-corrected chi connectivity index (χ0v) is 16.4. The summed E-state index contributed by atoms with van der Waals surface area (Å²) in [5, 5.41) is 8.25. The summed E-state index contributed by atoms with van der Waals surface area (Å²) in [5.41, 5.74) is 4.90. The molecule has 0 aliphatic rings. The summed E-state index contributed by atoms with van der Waals surface area (Å²) in [4.78, 5) is 8.84. The van der Waals surface area contributed by atoms with Gasteiger partial charge in [0.25, 0.3) is 0 Å². The predicted molar refractivity (Wildman–Crippen MR) is 110 cm³/mol. The monoisotopic (exact) mass is 376 g/mol. The summed E-state index contributed by atoms with van der Waals surface area (Å²) >= 11 is 0. The van der Waals surface area contributed by atoms with E-state index in [4.69, 9.17) is 14.8 Å². The number of rotatable bonds is 7. The van der Waals surface area contributed by atoms with Crippen LogP contribution in [0.4, 0.5) is 5.82 Å². The lowest BCUT2D eigenvalue weighted by Gasteiger charge is -2.10. The maximum Gasteiger partial charge on any atom is 0.165 e. The van der Waals surface area contributed by atoms with Gasteiger partial charge in [0.1, 0.15) is 11.6 Å². The molecule has 0 unspecified atom stereocenters. The molecule has 3 aromatic heterocycles. The summed E-state index contributed by atoms with van der Waals surface area (Å²) in [6, 6.07) is 10.1. The molecule has 4 rings (SSSR count). The van der Waals surface area contributed by atoms with Gasteiger partial charge in [-0.25, -0.2) is 9.97 Å². The normalized spacial score (nSPS) is 11.1. The molecule has 7 nitrogen and oxygen atoms in total. The van der Waals surface area contributed by atoms with Crippen LogP contribution in [0.2, 0.25) is 0 Å². The Morgan fingerprint density at radius 3 is 2.68 bits per heavy atom. The van der Waals surface area contributed by atoms with Gasteiger partial charge in [0, 0.05) is 42.8 Å². The minimum absolute atomic E-state index is 0.835. The van der Waals surface area contributed by atoms with Crippen LogP contribution in [0.5, 0.6) is 5.75 Å². The first kappa shape index (κ1) is 18.0. The minimum atomic E-state index is 0.835. The number of anilines is 1. The lowest BCUT2D eigenvalue weighted by atomic mass is 10.1. The molecule has 1 N–H and O–H groups in total. The fraction of sp³-hybridized carbons (Fsp3) is 0.286. The van der Waals surface area contributed by atoms with Crippen molar-refractivity contribution >= 4 is 11.5 Å². The predicted octanol–water partition coefficient (Wildman–Crippen LogP) is 3.72. The molecule has 0 amide bonds. The van der Waals surface area contributed by atoms with Crippen molar-refractivity contribution in [2.45, 2.75) is 26.8 Å². The highest BCUT2D eigenvalue weighted by atomic mass is 16.5. The van der Waals surface area contributed by atoms with E-state index >= 15 is 0 Å². The fourth-order valence-electron chi connectivity index (χ4n) is 3.36. The van der Waals surface area contributed by atoms with Crippen molar-refractivity contribution in [2.24, 2.45) is 0 Å². The Hall–Kier alpha value is -3.35. The average Bonchev–Trinajstić information content (AvgIpc) is 3.32. The molecule has 0 aliphatic carbocycles. The van der Waals surface area contributed by atoms with E-state index in [0.717, 1.165) is 59.2 Å². The van der Waals surface area contributed by atoms with Crippen molar-refractivity contribution in [1.29, 1.82) is 0 Å². The van der Waals surface area contributed by atoms with Gasteiger partial charge in [-0.15, -0.1) is 0 Å². The fourth-order valence-corrected chi connectivity index (χ4v) is 3.36. The van der Waals surface area contributed by atoms with Crippen LogP contribution in [0.1, 0.15) is 17.8 Å². The maximum atomic E-state index is 5.27. The van der Waals surface area contributed by atoms with Crippen LogP contribution in [0.3, 0.4) is 0 Å². The number of nitrogens with zero attached hydrogens (tertiary/aromatic N) is 5. The van der Waals surface area contributed by atoms with Crippen LogP contribution < -0.4 is 10.1 Å². The van der Waals surface area contributed by atoms with Gasteiger partial charge in [0.15, 0.2) is 5.65 Å². The Morgan fingerprint density at radius 2 is 1.96 bits per heavy atom. The summed E-state index contributed by atoms with van der Waals surface area (Å²) in [6.07, 6.45) is 6.61. The molecular formula is C21H24N6O. The molecule has 0 atom stereocenters. The third kappa shape index (κ3) is 3.55. The number of nitrogens with one attached hydrogen (secondary N) is 1. The number of aryl methyl sites for hydroxylation is 3. The van der Waals surface area contributed by atoms with Gasteiger partial charge < -0.3 is 14.6 Å². The van der Waals surface area contributed by atoms with Gasteiger partial charge in [-0.1, -0.05) is 12.1 Å². The molecule has 0 radical (unpaired) electrons. The maximum absolute atomic E-state index is 5.27. The van der Waals surface area contributed by atoms with E-state index in [1.165, 1.54) is 0 Å². The van der Waals surface area contributed by atoms with Gasteiger partial charge in [0.05, 0.1) is 19.1 Å². The van der Waals surface area contributed by atoms with Crippen molar-refractivity contribution in [3.8, 4) is 16.9 Å². The molecule has 0 saturated carbocycles. The highest BCUT2D eigenvalue weighted by Crippen LogP contribution is 2.30. The van der Waals surface area contributed by atoms with Crippen LogP contribution >= 0.6 is 0 Å². The molecule has 4 aromatic rings. The molecule has 3 heterocycles. The Morgan fingerprint density at radius 1 is 1.14 bits per heavy atom. The number of hydrogen-bond donors (Lipinski definition) is 1. The molecule has 0 fully saturated rings. The average molecular weight is 376 g/mol. The second kappa shape index (κ2) is 7.72. The van der Waals surface area contributed by atoms with Crippen LogP contribution in [0, 0.1) is 13.8 Å². The van der Waals surface area contributed by atoms with Gasteiger partial charge >= 0.3 is 0 Å². The smallest absolute Gasteiger partial charge is 0.165 e. The van der Waals surface area contributed by atoms with E-state index in [1.807, 2.05) is 61.2 Å². The second-order valence-corrected chi connectivity index (χ2v) is 6.79. The van der Waals surface area contributed by atoms with Gasteiger partial charge in [0.2, 0.25) is 0 Å². The Bertz CT molecular complexity index is 1070. The van der Waals surface area contributed by atoms with E-state index < -0.39 is 0 Å². The number of methoxy groups -OCH3 is 1. The molecule has 0 bridgehead atoms. The van der Waals surface area contributed by atoms with E-state index in [2.05, 4.69) is 14.9 Å². The van der Waals surface area contributed by atoms with Crippen LogP contribution in [0.15, 0.2) is 49.1 Å². The number of benzene rings is 1. The number of ether oxygens (including phenoxy) is 1. The van der Waals surface area contributed by atoms with E-state index in [0.29, 0.717) is 0 Å². The molecular weight excluding hydrogens is 352 g/mol. The van der Waals surface area contributed by atoms with E-state index in [9.17, 15) is 0 Å². The Balaban J connectivity index is 1.61. The van der Waals surface area contributed by atoms with Gasteiger partial charge in [-0.05, 0) is 38.0 Å². The molecule has 0 saturated heterocycles. The summed E-state index contributed by atoms with van der Waals surface area (Å²) in [7, 11) is 1.67. The van der Waals surface area contributed by atoms with Crippen molar-refractivity contribution in [1.82, 2.24) is 24.1 Å². The molecule has 7 heteroatoms. The lowest BCUT2D eigenvalue weighted by Crippen LogP contribution is -2.10. The first-order valence-corrected chi connectivity index (χ1v) is 9.37. The summed E-state index contributed by atoms with van der Waals surface area (Å²) < 4.78 is 9.25. The number of fused-ring (bicyclic) bond motifs is 1. The Kier molecular flexibility index (Phi) is 4.97. The Labute approximate surface area is 164 Å². The van der Waals surface area contributed by atoms with E-state index in [1.54, 1.807) is 13.3 Å². The summed E-state index contributed by atoms with van der Waals surface area (Å²) in [6.45, 7) is 5.80. The molecule has 28 heavy (non-hydrogen) atoms. The molecule has 0 spiro atoms. The van der Waals surface area contributed by atoms with Crippen LogP contribution in [0.25, 0.3) is 16.8 Å². The third-order valence-electron chi connectivity index (χ3n) is 4.73. The largest absolute Gasteiger partial charge is 0.497 e. The first-order valence-electron chi connectivity index (χ1n) is 9.37. The van der Waals surface area contributed by atoms with Crippen molar-refractivity contribution < 1.29 is 4.74 Å². The zero-order valence-electron chi connectivity index (χ0n) is 16.4. The van der Waals surface area contributed by atoms with Crippen molar-refractivity contribution in [3.63, 3.8) is 0 Å². The zero-order chi connectivity index (χ0) is 19.5. The topological polar surface area (TPSA) is 69.3 Å². The van der Waals surface area contributed by atoms with Crippen molar-refractivity contribution in [2.75, 3.05) is 19.0 Å². The number of imidazole rings is 1. The first-order chi connectivity index (χ1) is 13.7. The SMILES string of the molecule is COc1ccc(-c2c(C)nn3c(NCCCn4ccnc4)cc(C)nc23)cc1. The summed E-state index contributed by atoms with van der Waals surface area (Å²) in [5.74, 6) is 1.79. The van der Waals surface area contributed by atoms with Gasteiger partial charge in [-0.3, -0.25) is 0 Å². The molecule has 1 aromatic carbocycles. The highest BCUT2D eigenvalue weighted by Gasteiger charge is 2.16. The van der Waals surface area contributed by atoms with Crippen molar-refractivity contribution in [3.05, 3.63) is 60.4 Å². The number of aromatic nitrogens is 5. The van der Waals surface area contributed by atoms with Crippen LogP contribution in [-0.4, -0.2) is 37.8 Å². The standard InChI is InChI=1S/C21H24N6O/c1-15-13-19(23-9-4-11-26-12-10-22-14-26)27-21(24-15)20(16(2)25-27)17-5-7-18(28-3)8-6-17/h5-8,10,12-14,23H,4,9,11H2,1-3H3. The molecule has 0 aliphatic heterocycles. The van der Waals surface area contributed by atoms with E-state index in [-0.39, 0.29) is 0 Å². The molecule has 144 valence electrons. The second-order valence-electron chi connectivity index (χ2n) is 6.79. The highest BCUT2D eigenvalue weighted by molar-refractivity contribution is 5.81. The number of hydrogen-bond acceptors (Lipinski definition) is 5. The lowest BCUT2D eigenvalue weighted by molar-refractivity contribution is 0.415. The quantitative estimate of drug-likeness (QED) is 0.498. The van der Waals surface area contributed by atoms with Crippen LogP contribution in [-0.2, 0) is 6.54 Å².